The van der Waals surface area contributed by atoms with E-state index in [9.17, 15) is 14.4 Å². The van der Waals surface area contributed by atoms with E-state index < -0.39 is 11.8 Å². The van der Waals surface area contributed by atoms with Gasteiger partial charge in [0.15, 0.2) is 0 Å². The fraction of sp³-hybridized carbons (Fsp3) is 0.318. The van der Waals surface area contributed by atoms with Gasteiger partial charge in [0.2, 0.25) is 0 Å². The van der Waals surface area contributed by atoms with Gasteiger partial charge in [0, 0.05) is 18.7 Å². The Hall–Kier alpha value is -3.19. The molecule has 2 aromatic rings. The van der Waals surface area contributed by atoms with Gasteiger partial charge in [-0.15, -0.1) is 0 Å². The molecular weight excluding hydrogens is 370 g/mol. The first-order valence-electron chi connectivity index (χ1n) is 9.81. The third-order valence-electron chi connectivity index (χ3n) is 4.57. The maximum Gasteiger partial charge on any atom is 0.266 e. The van der Waals surface area contributed by atoms with Gasteiger partial charge in [0.1, 0.15) is 5.75 Å². The van der Waals surface area contributed by atoms with Crippen LogP contribution in [0.3, 0.4) is 0 Å². The molecule has 0 bridgehead atoms. The van der Waals surface area contributed by atoms with Gasteiger partial charge < -0.3 is 15.4 Å². The van der Waals surface area contributed by atoms with Crippen molar-refractivity contribution in [2.45, 2.75) is 20.3 Å². The molecule has 0 spiro atoms. The molecule has 29 heavy (non-hydrogen) atoms. The van der Waals surface area contributed by atoms with Crippen molar-refractivity contribution in [2.24, 2.45) is 0 Å². The van der Waals surface area contributed by atoms with Crippen LogP contribution >= 0.6 is 0 Å². The van der Waals surface area contributed by atoms with E-state index in [1.165, 1.54) is 12.1 Å². The number of amides is 3. The Morgan fingerprint density at radius 3 is 2.34 bits per heavy atom. The van der Waals surface area contributed by atoms with Gasteiger partial charge >= 0.3 is 0 Å². The SMILES string of the molecule is CCCNCCNC(=O)c1ccc2c(c1)C(=O)N(c1ccc(OCC)cc1)C2=O. The number of nitrogens with zero attached hydrogens (tertiary/aromatic N) is 1. The number of hydrogen-bond acceptors (Lipinski definition) is 5. The summed E-state index contributed by atoms with van der Waals surface area (Å²) in [6.45, 7) is 6.55. The second-order valence-corrected chi connectivity index (χ2v) is 6.64. The quantitative estimate of drug-likeness (QED) is 0.503. The van der Waals surface area contributed by atoms with Crippen LogP contribution in [0.5, 0.6) is 5.75 Å². The van der Waals surface area contributed by atoms with Gasteiger partial charge in [0.05, 0.1) is 23.4 Å². The number of fused-ring (bicyclic) bond motifs is 1. The first kappa shape index (κ1) is 20.5. The van der Waals surface area contributed by atoms with E-state index in [4.69, 9.17) is 4.74 Å². The lowest BCUT2D eigenvalue weighted by molar-refractivity contribution is 0.0923. The van der Waals surface area contributed by atoms with Crippen LogP contribution in [0.15, 0.2) is 42.5 Å². The van der Waals surface area contributed by atoms with Crippen LogP contribution < -0.4 is 20.3 Å². The van der Waals surface area contributed by atoms with Gasteiger partial charge in [-0.05, 0) is 62.4 Å². The van der Waals surface area contributed by atoms with E-state index in [-0.39, 0.29) is 11.5 Å². The molecule has 7 nitrogen and oxygen atoms in total. The second-order valence-electron chi connectivity index (χ2n) is 6.64. The summed E-state index contributed by atoms with van der Waals surface area (Å²) < 4.78 is 5.40. The van der Waals surface area contributed by atoms with Crippen LogP contribution in [0.25, 0.3) is 0 Å². The Bertz CT molecular complexity index is 909. The predicted octanol–water partition coefficient (Wildman–Crippen LogP) is 2.62. The lowest BCUT2D eigenvalue weighted by Crippen LogP contribution is -2.32. The summed E-state index contributed by atoms with van der Waals surface area (Å²) in [6.07, 6.45) is 1.03. The molecule has 0 aliphatic carbocycles. The van der Waals surface area contributed by atoms with E-state index >= 15 is 0 Å². The van der Waals surface area contributed by atoms with Gasteiger partial charge in [-0.3, -0.25) is 14.4 Å². The van der Waals surface area contributed by atoms with Gasteiger partial charge in [-0.2, -0.15) is 0 Å². The highest BCUT2D eigenvalue weighted by Crippen LogP contribution is 2.30. The average Bonchev–Trinajstić information content (AvgIpc) is 2.98. The number of rotatable bonds is 9. The zero-order chi connectivity index (χ0) is 20.8. The number of ether oxygens (including phenoxy) is 1. The molecule has 0 saturated carbocycles. The van der Waals surface area contributed by atoms with Crippen LogP contribution in [-0.4, -0.2) is 44.0 Å². The van der Waals surface area contributed by atoms with Crippen LogP contribution in [0, 0.1) is 0 Å². The third-order valence-corrected chi connectivity index (χ3v) is 4.57. The highest BCUT2D eigenvalue weighted by Gasteiger charge is 2.37. The van der Waals surface area contributed by atoms with Gasteiger partial charge in [-0.25, -0.2) is 4.90 Å². The first-order chi connectivity index (χ1) is 14.1. The number of benzene rings is 2. The highest BCUT2D eigenvalue weighted by atomic mass is 16.5. The number of hydrogen-bond donors (Lipinski definition) is 2. The van der Waals surface area contributed by atoms with Crippen LogP contribution in [0.2, 0.25) is 0 Å². The molecule has 0 saturated heterocycles. The molecular formula is C22H25N3O4. The summed E-state index contributed by atoms with van der Waals surface area (Å²) in [4.78, 5) is 39.1. The fourth-order valence-corrected chi connectivity index (χ4v) is 3.14. The van der Waals surface area contributed by atoms with E-state index in [1.807, 2.05) is 6.92 Å². The molecule has 0 radical (unpaired) electrons. The van der Waals surface area contributed by atoms with E-state index in [0.717, 1.165) is 17.9 Å². The molecule has 1 heterocycles. The topological polar surface area (TPSA) is 87.7 Å². The lowest BCUT2D eigenvalue weighted by atomic mass is 10.1. The van der Waals surface area contributed by atoms with Crippen molar-refractivity contribution in [2.75, 3.05) is 31.1 Å². The second kappa shape index (κ2) is 9.34. The predicted molar refractivity (Wildman–Crippen MR) is 111 cm³/mol. The minimum atomic E-state index is -0.437. The monoisotopic (exact) mass is 395 g/mol. The maximum absolute atomic E-state index is 12.9. The number of imide groups is 1. The molecule has 0 aromatic heterocycles. The summed E-state index contributed by atoms with van der Waals surface area (Å²) >= 11 is 0. The first-order valence-corrected chi connectivity index (χ1v) is 9.81. The van der Waals surface area contributed by atoms with E-state index in [2.05, 4.69) is 17.6 Å². The van der Waals surface area contributed by atoms with Crippen LogP contribution in [-0.2, 0) is 0 Å². The molecule has 0 fully saturated rings. The molecule has 0 atom stereocenters. The van der Waals surface area contributed by atoms with Crippen molar-refractivity contribution >= 4 is 23.4 Å². The molecule has 7 heteroatoms. The number of carbonyl (C=O) groups excluding carboxylic acids is 3. The summed E-state index contributed by atoms with van der Waals surface area (Å²) in [5.74, 6) is -0.440. The standard InChI is InChI=1S/C22H25N3O4/c1-3-11-23-12-13-24-20(26)15-5-10-18-19(14-15)22(28)25(21(18)27)16-6-8-17(9-7-16)29-4-2/h5-10,14,23H,3-4,11-13H2,1-2H3,(H,24,26). The number of anilines is 1. The third kappa shape index (κ3) is 4.46. The van der Waals surface area contributed by atoms with Crippen molar-refractivity contribution in [3.8, 4) is 5.75 Å². The van der Waals surface area contributed by atoms with Crippen molar-refractivity contribution in [3.63, 3.8) is 0 Å². The highest BCUT2D eigenvalue weighted by molar-refractivity contribution is 6.34. The van der Waals surface area contributed by atoms with Gasteiger partial charge in [0.25, 0.3) is 17.7 Å². The summed E-state index contributed by atoms with van der Waals surface area (Å²) in [5, 5.41) is 6.01. The minimum Gasteiger partial charge on any atom is -0.494 e. The molecule has 1 aliphatic heterocycles. The van der Waals surface area contributed by atoms with Gasteiger partial charge in [-0.1, -0.05) is 6.92 Å². The fourth-order valence-electron chi connectivity index (χ4n) is 3.14. The molecule has 1 aliphatic rings. The number of nitrogens with one attached hydrogen (secondary N) is 2. The molecule has 2 aromatic carbocycles. The van der Waals surface area contributed by atoms with Crippen LogP contribution in [0.1, 0.15) is 51.3 Å². The summed E-state index contributed by atoms with van der Waals surface area (Å²) in [7, 11) is 0. The average molecular weight is 395 g/mol. The van der Waals surface area contributed by atoms with Crippen molar-refractivity contribution in [3.05, 3.63) is 59.2 Å². The molecule has 3 amide bonds. The van der Waals surface area contributed by atoms with Crippen molar-refractivity contribution in [1.29, 1.82) is 0 Å². The Morgan fingerprint density at radius 1 is 0.931 bits per heavy atom. The number of carbonyl (C=O) groups is 3. The minimum absolute atomic E-state index is 0.237. The zero-order valence-corrected chi connectivity index (χ0v) is 16.7. The molecule has 3 rings (SSSR count). The lowest BCUT2D eigenvalue weighted by Gasteiger charge is -2.14. The van der Waals surface area contributed by atoms with Crippen LogP contribution in [0.4, 0.5) is 5.69 Å². The molecule has 2 N–H and O–H groups in total. The summed E-state index contributed by atoms with van der Waals surface area (Å²) in [6, 6.07) is 11.4. The molecule has 152 valence electrons. The van der Waals surface area contributed by atoms with Crippen molar-refractivity contribution < 1.29 is 19.1 Å². The van der Waals surface area contributed by atoms with E-state index in [1.54, 1.807) is 30.3 Å². The Labute approximate surface area is 170 Å². The summed E-state index contributed by atoms with van der Waals surface area (Å²) in [5.41, 5.74) is 1.35. The Morgan fingerprint density at radius 2 is 1.66 bits per heavy atom. The van der Waals surface area contributed by atoms with Crippen molar-refractivity contribution in [1.82, 2.24) is 10.6 Å². The van der Waals surface area contributed by atoms with E-state index in [0.29, 0.717) is 42.3 Å². The zero-order valence-electron chi connectivity index (χ0n) is 16.7. The Balaban J connectivity index is 1.73. The largest absolute Gasteiger partial charge is 0.494 e. The smallest absolute Gasteiger partial charge is 0.266 e. The maximum atomic E-state index is 12.9. The molecule has 0 unspecified atom stereocenters. The Kier molecular flexibility index (Phi) is 6.61. The normalized spacial score (nSPS) is 12.8.